The largest absolute Gasteiger partial charge is 0.493 e. The van der Waals surface area contributed by atoms with Crippen LogP contribution in [-0.4, -0.2) is 30.6 Å². The average molecular weight is 391 g/mol. The molecule has 0 aliphatic rings. The second-order valence-electron chi connectivity index (χ2n) is 4.80. The van der Waals surface area contributed by atoms with E-state index in [9.17, 15) is 9.59 Å². The molecule has 2 aromatic carbocycles. The minimum absolute atomic E-state index is 0.124. The number of methoxy groups -OCH3 is 1. The van der Waals surface area contributed by atoms with Gasteiger partial charge in [-0.1, -0.05) is 40.2 Å². The smallest absolute Gasteiger partial charge is 0.341 e. The molecule has 0 unspecified atom stereocenters. The van der Waals surface area contributed by atoms with E-state index in [1.807, 2.05) is 6.07 Å². The molecule has 0 saturated heterocycles. The molecule has 0 saturated carbocycles. The van der Waals surface area contributed by atoms with E-state index in [0.717, 1.165) is 10.0 Å². The van der Waals surface area contributed by atoms with Gasteiger partial charge in [0.15, 0.2) is 23.9 Å². The highest BCUT2D eigenvalue weighted by Crippen LogP contribution is 2.28. The molecule has 0 radical (unpaired) electrons. The second kappa shape index (κ2) is 8.31. The van der Waals surface area contributed by atoms with Crippen molar-refractivity contribution in [2.24, 2.45) is 0 Å². The number of ketones is 1. The van der Waals surface area contributed by atoms with Crippen LogP contribution in [0.1, 0.15) is 15.9 Å². The quantitative estimate of drug-likeness (QED) is 0.574. The first-order valence-electron chi connectivity index (χ1n) is 7.00. The van der Waals surface area contributed by atoms with Crippen LogP contribution in [0.15, 0.2) is 53.0 Å². The summed E-state index contributed by atoms with van der Waals surface area (Å²) >= 11 is 3.33. The highest BCUT2D eigenvalue weighted by atomic mass is 79.9. The zero-order chi connectivity index (χ0) is 17.5. The van der Waals surface area contributed by atoms with Gasteiger partial charge in [0, 0.05) is 10.0 Å². The van der Waals surface area contributed by atoms with Crippen LogP contribution in [0.3, 0.4) is 0 Å². The van der Waals surface area contributed by atoms with E-state index in [4.69, 9.17) is 14.6 Å². The highest BCUT2D eigenvalue weighted by molar-refractivity contribution is 9.10. The Hall–Kier alpha value is -2.60. The molecule has 0 aliphatic carbocycles. The number of carboxylic acid groups (broad SMARTS) is 1. The number of hydrogen-bond acceptors (Lipinski definition) is 4. The summed E-state index contributed by atoms with van der Waals surface area (Å²) in [6.07, 6.45) is 3.13. The molecule has 0 bridgehead atoms. The zero-order valence-corrected chi connectivity index (χ0v) is 14.4. The van der Waals surface area contributed by atoms with Crippen molar-refractivity contribution in [1.29, 1.82) is 0 Å². The Bertz CT molecular complexity index is 783. The minimum Gasteiger partial charge on any atom is -0.493 e. The van der Waals surface area contributed by atoms with Crippen molar-refractivity contribution in [3.05, 3.63) is 64.1 Å². The summed E-state index contributed by atoms with van der Waals surface area (Å²) in [6.45, 7) is -0.451. The van der Waals surface area contributed by atoms with E-state index in [1.54, 1.807) is 42.5 Å². The number of carboxylic acids is 1. The van der Waals surface area contributed by atoms with Crippen LogP contribution in [0.4, 0.5) is 0 Å². The fraction of sp³-hybridized carbons (Fsp3) is 0.111. The first kappa shape index (κ1) is 17.7. The lowest BCUT2D eigenvalue weighted by molar-refractivity contribution is -0.139. The summed E-state index contributed by atoms with van der Waals surface area (Å²) < 4.78 is 11.2. The lowest BCUT2D eigenvalue weighted by Crippen LogP contribution is -2.10. The van der Waals surface area contributed by atoms with Crippen molar-refractivity contribution in [2.75, 3.05) is 13.7 Å². The van der Waals surface area contributed by atoms with Crippen molar-refractivity contribution in [1.82, 2.24) is 0 Å². The van der Waals surface area contributed by atoms with Gasteiger partial charge in [-0.05, 0) is 35.9 Å². The van der Waals surface area contributed by atoms with Crippen LogP contribution in [-0.2, 0) is 4.79 Å². The van der Waals surface area contributed by atoms with Gasteiger partial charge in [-0.25, -0.2) is 4.79 Å². The fourth-order valence-electron chi connectivity index (χ4n) is 1.96. The molecule has 5 nitrogen and oxygen atoms in total. The van der Waals surface area contributed by atoms with E-state index < -0.39 is 12.6 Å². The number of allylic oxidation sites excluding steroid dienone is 1. The van der Waals surface area contributed by atoms with Crippen molar-refractivity contribution >= 4 is 33.8 Å². The number of carbonyl (C=O) groups is 2. The van der Waals surface area contributed by atoms with Gasteiger partial charge in [-0.3, -0.25) is 4.79 Å². The number of halogens is 1. The summed E-state index contributed by atoms with van der Waals surface area (Å²) in [5.74, 6) is -0.467. The maximum Gasteiger partial charge on any atom is 0.341 e. The molecule has 1 N–H and O–H groups in total. The monoisotopic (exact) mass is 390 g/mol. The Morgan fingerprint density at radius 2 is 1.96 bits per heavy atom. The van der Waals surface area contributed by atoms with Crippen molar-refractivity contribution in [2.45, 2.75) is 0 Å². The number of carbonyl (C=O) groups excluding carboxylic acids is 1. The molecule has 0 amide bonds. The minimum atomic E-state index is -1.07. The van der Waals surface area contributed by atoms with Gasteiger partial charge >= 0.3 is 5.97 Å². The molecule has 0 aromatic heterocycles. The van der Waals surface area contributed by atoms with E-state index in [1.165, 1.54) is 13.2 Å². The van der Waals surface area contributed by atoms with Gasteiger partial charge in [0.05, 0.1) is 7.11 Å². The first-order valence-corrected chi connectivity index (χ1v) is 7.79. The van der Waals surface area contributed by atoms with Gasteiger partial charge in [0.2, 0.25) is 0 Å². The Morgan fingerprint density at radius 1 is 1.17 bits per heavy atom. The topological polar surface area (TPSA) is 72.8 Å². The van der Waals surface area contributed by atoms with Crippen LogP contribution < -0.4 is 9.47 Å². The lowest BCUT2D eigenvalue weighted by atomic mass is 10.1. The third-order valence-electron chi connectivity index (χ3n) is 3.08. The third-order valence-corrected chi connectivity index (χ3v) is 3.57. The molecular formula is C18H15BrO5. The van der Waals surface area contributed by atoms with Crippen LogP contribution >= 0.6 is 15.9 Å². The Balaban J connectivity index is 2.14. The van der Waals surface area contributed by atoms with Crippen molar-refractivity contribution in [3.63, 3.8) is 0 Å². The number of aliphatic carboxylic acids is 1. The van der Waals surface area contributed by atoms with Gasteiger partial charge in [-0.2, -0.15) is 0 Å². The molecule has 0 spiro atoms. The number of hydrogen-bond donors (Lipinski definition) is 1. The molecule has 0 heterocycles. The lowest BCUT2D eigenvalue weighted by Gasteiger charge is -2.09. The predicted octanol–water partition coefficient (Wildman–Crippen LogP) is 3.82. The number of benzene rings is 2. The molecular weight excluding hydrogens is 376 g/mol. The van der Waals surface area contributed by atoms with E-state index in [0.29, 0.717) is 17.1 Å². The summed E-state index contributed by atoms with van der Waals surface area (Å²) in [7, 11) is 1.46. The molecule has 0 atom stereocenters. The van der Waals surface area contributed by atoms with Crippen LogP contribution in [0.2, 0.25) is 0 Å². The normalized spacial score (nSPS) is 10.6. The molecule has 24 heavy (non-hydrogen) atoms. The fourth-order valence-corrected chi connectivity index (χ4v) is 2.36. The molecule has 6 heteroatoms. The van der Waals surface area contributed by atoms with Gasteiger partial charge in [0.25, 0.3) is 0 Å². The summed E-state index contributed by atoms with van der Waals surface area (Å²) in [5.41, 5.74) is 1.31. The summed E-state index contributed by atoms with van der Waals surface area (Å²) in [5, 5.41) is 8.65. The predicted molar refractivity (Wildman–Crippen MR) is 93.6 cm³/mol. The van der Waals surface area contributed by atoms with Crippen LogP contribution in [0.5, 0.6) is 11.5 Å². The SMILES string of the molecule is COc1cc(/C=C/C(=O)c2cccc(Br)c2)ccc1OCC(=O)O. The average Bonchev–Trinajstić information content (AvgIpc) is 2.58. The molecule has 124 valence electrons. The highest BCUT2D eigenvalue weighted by Gasteiger charge is 2.07. The van der Waals surface area contributed by atoms with E-state index in [-0.39, 0.29) is 5.78 Å². The Kier molecular flexibility index (Phi) is 6.14. The van der Waals surface area contributed by atoms with Gasteiger partial charge < -0.3 is 14.6 Å². The maximum absolute atomic E-state index is 12.1. The Morgan fingerprint density at radius 3 is 2.62 bits per heavy atom. The molecule has 0 aliphatic heterocycles. The van der Waals surface area contributed by atoms with Crippen molar-refractivity contribution < 1.29 is 24.2 Å². The summed E-state index contributed by atoms with van der Waals surface area (Å²) in [4.78, 5) is 22.7. The molecule has 0 fully saturated rings. The van der Waals surface area contributed by atoms with Gasteiger partial charge in [0.1, 0.15) is 0 Å². The van der Waals surface area contributed by atoms with Crippen LogP contribution in [0.25, 0.3) is 6.08 Å². The molecule has 2 aromatic rings. The van der Waals surface area contributed by atoms with Crippen molar-refractivity contribution in [3.8, 4) is 11.5 Å². The van der Waals surface area contributed by atoms with Gasteiger partial charge in [-0.15, -0.1) is 0 Å². The Labute approximate surface area is 147 Å². The van der Waals surface area contributed by atoms with Crippen LogP contribution in [0, 0.1) is 0 Å². The second-order valence-corrected chi connectivity index (χ2v) is 5.72. The third kappa shape index (κ3) is 4.96. The van der Waals surface area contributed by atoms with E-state index in [2.05, 4.69) is 15.9 Å². The zero-order valence-electron chi connectivity index (χ0n) is 12.9. The standard InChI is InChI=1S/C18H15BrO5/c1-23-17-9-12(6-8-16(17)24-11-18(21)22)5-7-15(20)13-3-2-4-14(19)10-13/h2-10H,11H2,1H3,(H,21,22)/b7-5+. The van der Waals surface area contributed by atoms with E-state index >= 15 is 0 Å². The maximum atomic E-state index is 12.1. The molecule has 2 rings (SSSR count). The number of ether oxygens (including phenoxy) is 2. The first-order chi connectivity index (χ1) is 11.5. The number of rotatable bonds is 7. The summed E-state index contributed by atoms with van der Waals surface area (Å²) in [6, 6.07) is 12.1.